The molecule has 0 N–H and O–H groups in total. The van der Waals surface area contributed by atoms with E-state index in [1.807, 2.05) is 0 Å². The molecule has 4 nitrogen and oxygen atoms in total. The van der Waals surface area contributed by atoms with Crippen LogP contribution in [0.5, 0.6) is 0 Å². The van der Waals surface area contributed by atoms with E-state index in [1.54, 1.807) is 0 Å². The van der Waals surface area contributed by atoms with Crippen LogP contribution in [0.25, 0.3) is 0 Å². The van der Waals surface area contributed by atoms with Gasteiger partial charge in [-0.25, -0.2) is 9.18 Å². The van der Waals surface area contributed by atoms with E-state index in [4.69, 9.17) is 0 Å². The molecule has 2 aromatic carbocycles. The average Bonchev–Trinajstić information content (AvgIpc) is 2.79. The fraction of sp³-hybridized carbons (Fsp3) is 0.222. The Labute approximate surface area is 146 Å². The summed E-state index contributed by atoms with van der Waals surface area (Å²) in [5, 5.41) is 0. The fourth-order valence-electron chi connectivity index (χ4n) is 2.84. The van der Waals surface area contributed by atoms with Crippen molar-refractivity contribution in [3.8, 4) is 0 Å². The van der Waals surface area contributed by atoms with Crippen molar-refractivity contribution in [1.29, 1.82) is 0 Å². The minimum atomic E-state index is -4.51. The predicted octanol–water partition coefficient (Wildman–Crippen LogP) is 4.20. The van der Waals surface area contributed by atoms with Crippen molar-refractivity contribution in [2.24, 2.45) is 0 Å². The highest BCUT2D eigenvalue weighted by atomic mass is 19.4. The highest BCUT2D eigenvalue weighted by molar-refractivity contribution is 6.13. The first-order valence-electron chi connectivity index (χ1n) is 7.75. The molecule has 3 rings (SSSR count). The number of amides is 3. The Bertz CT molecular complexity index is 849. The summed E-state index contributed by atoms with van der Waals surface area (Å²) in [5.74, 6) is -1.02. The molecule has 1 saturated heterocycles. The van der Waals surface area contributed by atoms with E-state index < -0.39 is 35.5 Å². The topological polar surface area (TPSA) is 40.6 Å². The van der Waals surface area contributed by atoms with Gasteiger partial charge in [0.05, 0.1) is 12.1 Å². The Kier molecular flexibility index (Phi) is 4.43. The fourth-order valence-corrected chi connectivity index (χ4v) is 2.84. The molecular weight excluding hydrogens is 352 g/mol. The molecule has 2 aromatic rings. The highest BCUT2D eigenvalue weighted by Crippen LogP contribution is 2.31. The molecule has 1 atom stereocenters. The Balaban J connectivity index is 1.86. The summed E-state index contributed by atoms with van der Waals surface area (Å²) < 4.78 is 51.5. The van der Waals surface area contributed by atoms with Crippen molar-refractivity contribution in [2.75, 3.05) is 4.90 Å². The van der Waals surface area contributed by atoms with E-state index in [0.29, 0.717) is 5.69 Å². The van der Waals surface area contributed by atoms with Gasteiger partial charge in [0.2, 0.25) is 0 Å². The molecule has 1 fully saturated rings. The van der Waals surface area contributed by atoms with Crippen molar-refractivity contribution < 1.29 is 27.2 Å². The van der Waals surface area contributed by atoms with Crippen LogP contribution < -0.4 is 4.90 Å². The molecule has 136 valence electrons. The molecule has 1 aliphatic rings. The molecule has 0 aliphatic carbocycles. The van der Waals surface area contributed by atoms with Gasteiger partial charge in [0.25, 0.3) is 5.91 Å². The summed E-state index contributed by atoms with van der Waals surface area (Å²) in [7, 11) is 0. The first kappa shape index (κ1) is 17.9. The molecule has 1 heterocycles. The zero-order chi connectivity index (χ0) is 19.1. The maximum atomic E-state index is 13.1. The van der Waals surface area contributed by atoms with Crippen LogP contribution in [-0.4, -0.2) is 22.9 Å². The number of carbonyl (C=O) groups is 2. The normalized spacial score (nSPS) is 18.0. The number of urea groups is 1. The number of imide groups is 1. The van der Waals surface area contributed by atoms with Gasteiger partial charge in [0.15, 0.2) is 0 Å². The summed E-state index contributed by atoms with van der Waals surface area (Å²) in [6.07, 6.45) is -4.51. The third-order valence-corrected chi connectivity index (χ3v) is 4.15. The van der Waals surface area contributed by atoms with Gasteiger partial charge in [-0.05, 0) is 48.9 Å². The van der Waals surface area contributed by atoms with Crippen LogP contribution >= 0.6 is 0 Å². The van der Waals surface area contributed by atoms with Crippen LogP contribution in [0, 0.1) is 5.82 Å². The summed E-state index contributed by atoms with van der Waals surface area (Å²) in [4.78, 5) is 27.1. The maximum absolute atomic E-state index is 13.1. The third kappa shape index (κ3) is 3.26. The van der Waals surface area contributed by atoms with Crippen LogP contribution in [0.2, 0.25) is 0 Å². The SMILES string of the molecule is CC1C(=O)N(Cc2cccc(C(F)(F)F)c2)C(=O)N1c1ccc(F)cc1. The van der Waals surface area contributed by atoms with E-state index >= 15 is 0 Å². The Morgan fingerprint density at radius 2 is 1.69 bits per heavy atom. The lowest BCUT2D eigenvalue weighted by atomic mass is 10.1. The summed E-state index contributed by atoms with van der Waals surface area (Å²) in [6.45, 7) is 1.24. The summed E-state index contributed by atoms with van der Waals surface area (Å²) in [6, 6.07) is 8.03. The van der Waals surface area contributed by atoms with Gasteiger partial charge >= 0.3 is 12.2 Å². The van der Waals surface area contributed by atoms with Crippen molar-refractivity contribution >= 4 is 17.6 Å². The Morgan fingerprint density at radius 3 is 2.31 bits per heavy atom. The number of nitrogens with zero attached hydrogens (tertiary/aromatic N) is 2. The second-order valence-electron chi connectivity index (χ2n) is 5.93. The molecule has 0 radical (unpaired) electrons. The van der Waals surface area contributed by atoms with Gasteiger partial charge in [-0.1, -0.05) is 12.1 Å². The maximum Gasteiger partial charge on any atom is 0.416 e. The molecular formula is C18H14F4N2O2. The third-order valence-electron chi connectivity index (χ3n) is 4.15. The summed E-state index contributed by atoms with van der Waals surface area (Å²) in [5.41, 5.74) is -0.323. The van der Waals surface area contributed by atoms with E-state index in [0.717, 1.165) is 29.2 Å². The molecule has 0 spiro atoms. The van der Waals surface area contributed by atoms with Gasteiger partial charge in [-0.15, -0.1) is 0 Å². The predicted molar refractivity (Wildman–Crippen MR) is 85.7 cm³/mol. The Morgan fingerprint density at radius 1 is 1.04 bits per heavy atom. The standard InChI is InChI=1S/C18H14F4N2O2/c1-11-16(25)23(10-12-3-2-4-13(9-12)18(20,21)22)17(26)24(11)15-7-5-14(19)6-8-15/h2-9,11H,10H2,1H3. The zero-order valence-corrected chi connectivity index (χ0v) is 13.6. The van der Waals surface area contributed by atoms with E-state index in [-0.39, 0.29) is 12.1 Å². The zero-order valence-electron chi connectivity index (χ0n) is 13.6. The first-order chi connectivity index (χ1) is 12.2. The number of benzene rings is 2. The van der Waals surface area contributed by atoms with Crippen LogP contribution in [0.1, 0.15) is 18.1 Å². The lowest BCUT2D eigenvalue weighted by Crippen LogP contribution is -2.33. The average molecular weight is 366 g/mol. The largest absolute Gasteiger partial charge is 0.416 e. The number of rotatable bonds is 3. The molecule has 3 amide bonds. The quantitative estimate of drug-likeness (QED) is 0.603. The minimum Gasteiger partial charge on any atom is -0.282 e. The number of hydrogen-bond donors (Lipinski definition) is 0. The molecule has 0 aromatic heterocycles. The molecule has 1 unspecified atom stereocenters. The van der Waals surface area contributed by atoms with Gasteiger partial charge in [0.1, 0.15) is 11.9 Å². The number of carbonyl (C=O) groups excluding carboxylic acids is 2. The van der Waals surface area contributed by atoms with Gasteiger partial charge < -0.3 is 0 Å². The number of hydrogen-bond acceptors (Lipinski definition) is 2. The van der Waals surface area contributed by atoms with Crippen LogP contribution in [0.3, 0.4) is 0 Å². The molecule has 0 saturated carbocycles. The van der Waals surface area contributed by atoms with E-state index in [2.05, 4.69) is 0 Å². The Hall–Kier alpha value is -2.90. The smallest absolute Gasteiger partial charge is 0.282 e. The van der Waals surface area contributed by atoms with Gasteiger partial charge in [-0.3, -0.25) is 14.6 Å². The van der Waals surface area contributed by atoms with E-state index in [1.165, 1.54) is 36.1 Å². The van der Waals surface area contributed by atoms with Crippen LogP contribution in [0.4, 0.5) is 28.0 Å². The summed E-state index contributed by atoms with van der Waals surface area (Å²) >= 11 is 0. The van der Waals surface area contributed by atoms with Crippen molar-refractivity contribution in [1.82, 2.24) is 4.90 Å². The van der Waals surface area contributed by atoms with Crippen LogP contribution in [-0.2, 0) is 17.5 Å². The number of halogens is 4. The monoisotopic (exact) mass is 366 g/mol. The van der Waals surface area contributed by atoms with E-state index in [9.17, 15) is 27.2 Å². The molecule has 0 bridgehead atoms. The lowest BCUT2D eigenvalue weighted by molar-refractivity contribution is -0.137. The second-order valence-corrected chi connectivity index (χ2v) is 5.93. The molecule has 8 heteroatoms. The van der Waals surface area contributed by atoms with Crippen molar-refractivity contribution in [3.05, 3.63) is 65.5 Å². The first-order valence-corrected chi connectivity index (χ1v) is 7.75. The highest BCUT2D eigenvalue weighted by Gasteiger charge is 2.43. The van der Waals surface area contributed by atoms with Crippen molar-refractivity contribution in [3.63, 3.8) is 0 Å². The molecule has 26 heavy (non-hydrogen) atoms. The second kappa shape index (κ2) is 6.44. The van der Waals surface area contributed by atoms with Crippen molar-refractivity contribution in [2.45, 2.75) is 25.7 Å². The molecule has 1 aliphatic heterocycles. The number of anilines is 1. The minimum absolute atomic E-state index is 0.190. The van der Waals surface area contributed by atoms with Gasteiger partial charge in [0, 0.05) is 5.69 Å². The number of alkyl halides is 3. The lowest BCUT2D eigenvalue weighted by Gasteiger charge is -2.19. The van der Waals surface area contributed by atoms with Crippen LogP contribution in [0.15, 0.2) is 48.5 Å². The van der Waals surface area contributed by atoms with Gasteiger partial charge in [-0.2, -0.15) is 13.2 Å².